The van der Waals surface area contributed by atoms with Crippen LogP contribution in [0.3, 0.4) is 0 Å². The van der Waals surface area contributed by atoms with Crippen molar-refractivity contribution < 1.29 is 14.3 Å². The van der Waals surface area contributed by atoms with Crippen molar-refractivity contribution in [3.8, 4) is 0 Å². The molecule has 0 rings (SSSR count). The molecule has 3 N–H and O–H groups in total. The molecule has 6 nitrogen and oxygen atoms in total. The quantitative estimate of drug-likeness (QED) is 0.520. The van der Waals surface area contributed by atoms with Crippen LogP contribution in [-0.2, 0) is 14.3 Å². The number of ether oxygens (including phenoxy) is 1. The van der Waals surface area contributed by atoms with E-state index in [0.717, 1.165) is 0 Å². The van der Waals surface area contributed by atoms with Crippen LogP contribution in [0.25, 0.3) is 0 Å². The van der Waals surface area contributed by atoms with E-state index < -0.39 is 0 Å². The van der Waals surface area contributed by atoms with Crippen molar-refractivity contribution in [2.24, 2.45) is 0 Å². The lowest BCUT2D eigenvalue weighted by atomic mass is 10.1. The summed E-state index contributed by atoms with van der Waals surface area (Å²) in [6.07, 6.45) is 0.364. The van der Waals surface area contributed by atoms with E-state index in [0.29, 0.717) is 26.1 Å². The first-order valence-corrected chi connectivity index (χ1v) is 6.12. The molecule has 0 spiro atoms. The molecule has 0 bridgehead atoms. The van der Waals surface area contributed by atoms with E-state index in [9.17, 15) is 9.59 Å². The van der Waals surface area contributed by atoms with E-state index in [1.165, 1.54) is 0 Å². The van der Waals surface area contributed by atoms with Crippen LogP contribution in [0.5, 0.6) is 0 Å². The summed E-state index contributed by atoms with van der Waals surface area (Å²) in [4.78, 5) is 22.7. The topological polar surface area (TPSA) is 79.5 Å². The van der Waals surface area contributed by atoms with Crippen LogP contribution in [0.2, 0.25) is 0 Å². The van der Waals surface area contributed by atoms with Crippen molar-refractivity contribution in [3.05, 3.63) is 0 Å². The number of carbonyl (C=O) groups is 2. The first-order chi connectivity index (χ1) is 8.35. The Balaban J connectivity index is 3.55. The summed E-state index contributed by atoms with van der Waals surface area (Å²) < 4.78 is 4.79. The number of amides is 2. The van der Waals surface area contributed by atoms with Gasteiger partial charge in [0.05, 0.1) is 13.2 Å². The van der Waals surface area contributed by atoms with Gasteiger partial charge in [0.1, 0.15) is 0 Å². The Bertz CT molecular complexity index is 262. The zero-order chi connectivity index (χ0) is 14.0. The van der Waals surface area contributed by atoms with E-state index in [1.54, 1.807) is 7.11 Å². The molecule has 0 aromatic heterocycles. The summed E-state index contributed by atoms with van der Waals surface area (Å²) >= 11 is 0. The number of nitrogens with one attached hydrogen (secondary N) is 3. The smallest absolute Gasteiger partial charge is 0.239 e. The zero-order valence-electron chi connectivity index (χ0n) is 11.8. The van der Waals surface area contributed by atoms with Gasteiger partial charge in [-0.2, -0.15) is 0 Å². The minimum atomic E-state index is -0.204. The summed E-state index contributed by atoms with van der Waals surface area (Å²) in [6, 6.07) is 0. The fourth-order valence-electron chi connectivity index (χ4n) is 1.17. The number of carbonyl (C=O) groups excluding carboxylic acids is 2. The second-order valence-corrected chi connectivity index (χ2v) is 5.05. The molecule has 6 heteroatoms. The molecule has 18 heavy (non-hydrogen) atoms. The fourth-order valence-corrected chi connectivity index (χ4v) is 1.17. The van der Waals surface area contributed by atoms with Gasteiger partial charge in [-0.3, -0.25) is 9.59 Å². The molecule has 0 heterocycles. The molecular weight excluding hydrogens is 234 g/mol. The van der Waals surface area contributed by atoms with Gasteiger partial charge in [-0.15, -0.1) is 0 Å². The Morgan fingerprint density at radius 2 is 1.72 bits per heavy atom. The summed E-state index contributed by atoms with van der Waals surface area (Å²) in [5.74, 6) is -0.335. The van der Waals surface area contributed by atoms with Crippen molar-refractivity contribution in [3.63, 3.8) is 0 Å². The van der Waals surface area contributed by atoms with E-state index in [1.807, 2.05) is 20.8 Å². The predicted molar refractivity (Wildman–Crippen MR) is 70.3 cm³/mol. The second kappa shape index (κ2) is 8.88. The summed E-state index contributed by atoms with van der Waals surface area (Å²) in [7, 11) is 1.57. The van der Waals surface area contributed by atoms with Crippen molar-refractivity contribution >= 4 is 11.8 Å². The Morgan fingerprint density at radius 3 is 2.28 bits per heavy atom. The Hall–Kier alpha value is -1.14. The molecule has 2 amide bonds. The van der Waals surface area contributed by atoms with Gasteiger partial charge in [0.25, 0.3) is 0 Å². The van der Waals surface area contributed by atoms with E-state index >= 15 is 0 Å². The normalized spacial score (nSPS) is 11.1. The van der Waals surface area contributed by atoms with Gasteiger partial charge >= 0.3 is 0 Å². The molecule has 0 aromatic rings. The van der Waals surface area contributed by atoms with E-state index in [4.69, 9.17) is 4.74 Å². The molecule has 0 atom stereocenters. The minimum absolute atomic E-state index is 0.00218. The number of methoxy groups -OCH3 is 1. The number of rotatable bonds is 8. The molecule has 0 saturated carbocycles. The molecule has 0 saturated heterocycles. The highest BCUT2D eigenvalue weighted by Crippen LogP contribution is 1.97. The molecule has 0 aromatic carbocycles. The van der Waals surface area contributed by atoms with Crippen molar-refractivity contribution in [1.82, 2.24) is 16.0 Å². The maximum absolute atomic E-state index is 11.4. The zero-order valence-corrected chi connectivity index (χ0v) is 11.8. The van der Waals surface area contributed by atoms with Crippen LogP contribution >= 0.6 is 0 Å². The highest BCUT2D eigenvalue weighted by molar-refractivity contribution is 5.84. The third-order valence-electron chi connectivity index (χ3n) is 2.08. The Labute approximate surface area is 109 Å². The maximum Gasteiger partial charge on any atom is 0.239 e. The molecule has 0 aliphatic rings. The van der Waals surface area contributed by atoms with Crippen LogP contribution in [0.15, 0.2) is 0 Å². The average Bonchev–Trinajstić information content (AvgIpc) is 2.25. The first kappa shape index (κ1) is 16.9. The standard InChI is InChI=1S/C12H25N3O3/c1-12(2,3)15-6-5-10(16)14-9-11(17)13-7-8-18-4/h15H,5-9H2,1-4H3,(H,13,17)(H,14,16). The number of hydrogen-bond acceptors (Lipinski definition) is 4. The lowest BCUT2D eigenvalue weighted by Crippen LogP contribution is -2.41. The minimum Gasteiger partial charge on any atom is -0.383 e. The highest BCUT2D eigenvalue weighted by atomic mass is 16.5. The summed E-state index contributed by atoms with van der Waals surface area (Å²) in [5, 5.41) is 8.39. The SMILES string of the molecule is COCCNC(=O)CNC(=O)CCNC(C)(C)C. The van der Waals surface area contributed by atoms with Gasteiger partial charge in [0, 0.05) is 32.2 Å². The average molecular weight is 259 g/mol. The summed E-state index contributed by atoms with van der Waals surface area (Å²) in [5.41, 5.74) is -0.00218. The predicted octanol–water partition coefficient (Wildman–Crippen LogP) is -0.357. The lowest BCUT2D eigenvalue weighted by Gasteiger charge is -2.20. The van der Waals surface area contributed by atoms with Gasteiger partial charge in [-0.1, -0.05) is 0 Å². The third kappa shape index (κ3) is 11.3. The van der Waals surface area contributed by atoms with Gasteiger partial charge in [0.15, 0.2) is 0 Å². The number of hydrogen-bond donors (Lipinski definition) is 3. The maximum atomic E-state index is 11.4. The van der Waals surface area contributed by atoms with Gasteiger partial charge < -0.3 is 20.7 Å². The lowest BCUT2D eigenvalue weighted by molar-refractivity contribution is -0.126. The molecule has 0 fully saturated rings. The van der Waals surface area contributed by atoms with Gasteiger partial charge in [-0.25, -0.2) is 0 Å². The van der Waals surface area contributed by atoms with Gasteiger partial charge in [-0.05, 0) is 20.8 Å². The van der Waals surface area contributed by atoms with Crippen LogP contribution in [-0.4, -0.2) is 50.7 Å². The van der Waals surface area contributed by atoms with Crippen molar-refractivity contribution in [1.29, 1.82) is 0 Å². The molecule has 0 aliphatic heterocycles. The van der Waals surface area contributed by atoms with Crippen molar-refractivity contribution in [2.45, 2.75) is 32.7 Å². The summed E-state index contributed by atoms with van der Waals surface area (Å²) in [6.45, 7) is 7.64. The third-order valence-corrected chi connectivity index (χ3v) is 2.08. The monoisotopic (exact) mass is 259 g/mol. The first-order valence-electron chi connectivity index (χ1n) is 6.12. The van der Waals surface area contributed by atoms with Crippen molar-refractivity contribution in [2.75, 3.05) is 33.4 Å². The Morgan fingerprint density at radius 1 is 1.06 bits per heavy atom. The second-order valence-electron chi connectivity index (χ2n) is 5.05. The Kier molecular flexibility index (Phi) is 8.32. The fraction of sp³-hybridized carbons (Fsp3) is 0.833. The molecule has 0 radical (unpaired) electrons. The van der Waals surface area contributed by atoms with Crippen LogP contribution in [0.1, 0.15) is 27.2 Å². The van der Waals surface area contributed by atoms with Crippen LogP contribution in [0.4, 0.5) is 0 Å². The highest BCUT2D eigenvalue weighted by Gasteiger charge is 2.10. The molecule has 0 unspecified atom stereocenters. The van der Waals surface area contributed by atoms with Crippen LogP contribution < -0.4 is 16.0 Å². The van der Waals surface area contributed by atoms with Crippen LogP contribution in [0, 0.1) is 0 Å². The van der Waals surface area contributed by atoms with E-state index in [-0.39, 0.29) is 23.9 Å². The largest absolute Gasteiger partial charge is 0.383 e. The van der Waals surface area contributed by atoms with Gasteiger partial charge in [0.2, 0.25) is 11.8 Å². The molecule has 106 valence electrons. The van der Waals surface area contributed by atoms with E-state index in [2.05, 4.69) is 16.0 Å². The molecular formula is C12H25N3O3. The molecule has 0 aliphatic carbocycles.